The predicted molar refractivity (Wildman–Crippen MR) is 131 cm³/mol. The Morgan fingerprint density at radius 3 is 2.59 bits per heavy atom. The smallest absolute Gasteiger partial charge is 0.280 e. The van der Waals surface area contributed by atoms with Crippen molar-refractivity contribution in [2.75, 3.05) is 6.54 Å². The Balaban J connectivity index is 1.26. The number of aromatic amines is 1. The third-order valence-electron chi connectivity index (χ3n) is 6.60. The van der Waals surface area contributed by atoms with Gasteiger partial charge in [0.05, 0.1) is 12.2 Å². The van der Waals surface area contributed by atoms with Crippen LogP contribution in [-0.2, 0) is 17.8 Å². The van der Waals surface area contributed by atoms with E-state index in [4.69, 9.17) is 11.6 Å². The van der Waals surface area contributed by atoms with Gasteiger partial charge in [0, 0.05) is 52.8 Å². The monoisotopic (exact) mass is 499 g/mol. The summed E-state index contributed by atoms with van der Waals surface area (Å²) in [5.41, 5.74) is 2.22. The van der Waals surface area contributed by atoms with Crippen molar-refractivity contribution in [1.29, 1.82) is 0 Å². The standard InChI is InChI=1S/C24H26ClN5O3S/c1-13(31)30-9-8-19-21(12-30)34-24(29-19)23(33)28-18-5-3-2-4-17(18)27-22(32)20-11-14-10-15(25)6-7-16(14)26-20/h6-7,10-11,17-18,26H,2-5,8-9,12H2,1H3,(H,27,32)(H,28,33). The Kier molecular flexibility index (Phi) is 6.31. The fourth-order valence-electron chi connectivity index (χ4n) is 4.74. The third kappa shape index (κ3) is 4.67. The molecule has 1 fully saturated rings. The van der Waals surface area contributed by atoms with Gasteiger partial charge in [-0.3, -0.25) is 14.4 Å². The molecule has 1 aliphatic carbocycles. The molecule has 2 aromatic heterocycles. The average Bonchev–Trinajstić information content (AvgIpc) is 3.43. The van der Waals surface area contributed by atoms with Crippen LogP contribution in [0.5, 0.6) is 0 Å². The van der Waals surface area contributed by atoms with Crippen molar-refractivity contribution >= 4 is 51.6 Å². The quantitative estimate of drug-likeness (QED) is 0.509. The summed E-state index contributed by atoms with van der Waals surface area (Å²) in [6, 6.07) is 6.90. The Morgan fingerprint density at radius 1 is 1.12 bits per heavy atom. The van der Waals surface area contributed by atoms with Crippen LogP contribution in [0.1, 0.15) is 63.5 Å². The van der Waals surface area contributed by atoms with Crippen molar-refractivity contribution < 1.29 is 14.4 Å². The molecular weight excluding hydrogens is 474 g/mol. The second-order valence-electron chi connectivity index (χ2n) is 8.94. The summed E-state index contributed by atoms with van der Waals surface area (Å²) in [7, 11) is 0. The van der Waals surface area contributed by atoms with Gasteiger partial charge in [0.25, 0.3) is 11.8 Å². The van der Waals surface area contributed by atoms with E-state index >= 15 is 0 Å². The Morgan fingerprint density at radius 2 is 1.85 bits per heavy atom. The highest BCUT2D eigenvalue weighted by Gasteiger charge is 2.30. The highest BCUT2D eigenvalue weighted by Crippen LogP contribution is 2.26. The average molecular weight is 500 g/mol. The van der Waals surface area contributed by atoms with Crippen LogP contribution in [-0.4, -0.2) is 51.2 Å². The fraction of sp³-hybridized carbons (Fsp3) is 0.417. The van der Waals surface area contributed by atoms with Gasteiger partial charge >= 0.3 is 0 Å². The summed E-state index contributed by atoms with van der Waals surface area (Å²) in [5.74, 6) is -0.392. The largest absolute Gasteiger partial charge is 0.351 e. The van der Waals surface area contributed by atoms with Crippen molar-refractivity contribution in [1.82, 2.24) is 25.5 Å². The molecule has 1 aromatic carbocycles. The molecule has 2 unspecified atom stereocenters. The molecule has 2 aliphatic rings. The molecule has 34 heavy (non-hydrogen) atoms. The topological polar surface area (TPSA) is 107 Å². The number of rotatable bonds is 4. The van der Waals surface area contributed by atoms with Gasteiger partial charge in [0.1, 0.15) is 5.69 Å². The van der Waals surface area contributed by atoms with E-state index in [1.54, 1.807) is 24.0 Å². The number of carbonyl (C=O) groups excluding carboxylic acids is 3. The number of H-pyrrole nitrogens is 1. The molecule has 2 atom stereocenters. The molecular formula is C24H26ClN5O3S. The lowest BCUT2D eigenvalue weighted by Gasteiger charge is -2.32. The molecule has 5 rings (SSSR count). The van der Waals surface area contributed by atoms with Gasteiger partial charge in [0.2, 0.25) is 5.91 Å². The van der Waals surface area contributed by atoms with E-state index in [0.717, 1.165) is 47.2 Å². The number of carbonyl (C=O) groups is 3. The molecule has 3 heterocycles. The zero-order valence-electron chi connectivity index (χ0n) is 18.8. The van der Waals surface area contributed by atoms with E-state index in [2.05, 4.69) is 20.6 Å². The first-order valence-corrected chi connectivity index (χ1v) is 12.7. The van der Waals surface area contributed by atoms with E-state index < -0.39 is 0 Å². The van der Waals surface area contributed by atoms with E-state index in [-0.39, 0.29) is 29.8 Å². The number of nitrogens with one attached hydrogen (secondary N) is 3. The molecule has 0 bridgehead atoms. The summed E-state index contributed by atoms with van der Waals surface area (Å²) in [5, 5.41) is 8.12. The molecule has 10 heteroatoms. The van der Waals surface area contributed by atoms with Gasteiger partial charge in [-0.05, 0) is 37.1 Å². The van der Waals surface area contributed by atoms with Gasteiger partial charge in [-0.2, -0.15) is 0 Å². The van der Waals surface area contributed by atoms with Crippen LogP contribution < -0.4 is 10.6 Å². The summed E-state index contributed by atoms with van der Waals surface area (Å²) in [6.07, 6.45) is 4.24. The maximum absolute atomic E-state index is 13.0. The summed E-state index contributed by atoms with van der Waals surface area (Å²) in [4.78, 5) is 48.1. The first-order chi connectivity index (χ1) is 16.4. The van der Waals surface area contributed by atoms with Crippen LogP contribution in [0.15, 0.2) is 24.3 Å². The molecule has 1 saturated carbocycles. The normalized spacial score (nSPS) is 20.1. The van der Waals surface area contributed by atoms with Crippen LogP contribution in [0.25, 0.3) is 10.9 Å². The fourth-order valence-corrected chi connectivity index (χ4v) is 5.95. The zero-order chi connectivity index (χ0) is 23.8. The van der Waals surface area contributed by atoms with Crippen molar-refractivity contribution in [2.45, 2.75) is 57.7 Å². The van der Waals surface area contributed by atoms with Crippen molar-refractivity contribution in [2.24, 2.45) is 0 Å². The number of benzene rings is 1. The number of aromatic nitrogens is 2. The van der Waals surface area contributed by atoms with Crippen LogP contribution >= 0.6 is 22.9 Å². The summed E-state index contributed by atoms with van der Waals surface area (Å²) in [6.45, 7) is 2.69. The van der Waals surface area contributed by atoms with Crippen LogP contribution in [0, 0.1) is 0 Å². The zero-order valence-corrected chi connectivity index (χ0v) is 20.4. The second-order valence-corrected chi connectivity index (χ2v) is 10.5. The number of hydrogen-bond donors (Lipinski definition) is 3. The van der Waals surface area contributed by atoms with Crippen LogP contribution in [0.2, 0.25) is 5.02 Å². The Bertz CT molecular complexity index is 1270. The third-order valence-corrected chi connectivity index (χ3v) is 7.91. The lowest BCUT2D eigenvalue weighted by atomic mass is 9.90. The molecule has 0 spiro atoms. The number of thiazole rings is 1. The molecule has 3 N–H and O–H groups in total. The number of halogens is 1. The maximum Gasteiger partial charge on any atom is 0.280 e. The minimum absolute atomic E-state index is 0.0314. The lowest BCUT2D eigenvalue weighted by molar-refractivity contribution is -0.129. The van der Waals surface area contributed by atoms with Gasteiger partial charge in [-0.15, -0.1) is 11.3 Å². The molecule has 0 saturated heterocycles. The van der Waals surface area contributed by atoms with E-state index in [1.807, 2.05) is 12.1 Å². The van der Waals surface area contributed by atoms with Gasteiger partial charge in [-0.1, -0.05) is 24.4 Å². The molecule has 178 valence electrons. The van der Waals surface area contributed by atoms with Gasteiger partial charge in [-0.25, -0.2) is 4.98 Å². The SMILES string of the molecule is CC(=O)N1CCc2nc(C(=O)NC3CCCCC3NC(=O)c3cc4cc(Cl)ccc4[nH]3)sc2C1. The summed E-state index contributed by atoms with van der Waals surface area (Å²) >= 11 is 7.41. The van der Waals surface area contributed by atoms with Gasteiger partial charge in [0.15, 0.2) is 5.01 Å². The minimum atomic E-state index is -0.222. The second kappa shape index (κ2) is 9.38. The number of amides is 3. The lowest BCUT2D eigenvalue weighted by Crippen LogP contribution is -2.53. The molecule has 1 aliphatic heterocycles. The van der Waals surface area contributed by atoms with E-state index in [1.165, 1.54) is 11.3 Å². The Hall–Kier alpha value is -2.91. The molecule has 8 nitrogen and oxygen atoms in total. The summed E-state index contributed by atoms with van der Waals surface area (Å²) < 4.78 is 0. The highest BCUT2D eigenvalue weighted by molar-refractivity contribution is 7.13. The highest BCUT2D eigenvalue weighted by atomic mass is 35.5. The van der Waals surface area contributed by atoms with E-state index in [0.29, 0.717) is 35.2 Å². The van der Waals surface area contributed by atoms with Crippen molar-refractivity contribution in [3.63, 3.8) is 0 Å². The van der Waals surface area contributed by atoms with Gasteiger partial charge < -0.3 is 20.5 Å². The maximum atomic E-state index is 13.0. The van der Waals surface area contributed by atoms with Crippen LogP contribution in [0.3, 0.4) is 0 Å². The van der Waals surface area contributed by atoms with Crippen LogP contribution in [0.4, 0.5) is 0 Å². The first kappa shape index (κ1) is 22.9. The Labute approximate surface area is 206 Å². The van der Waals surface area contributed by atoms with Crippen molar-refractivity contribution in [3.8, 4) is 0 Å². The molecule has 3 amide bonds. The number of hydrogen-bond acceptors (Lipinski definition) is 5. The minimum Gasteiger partial charge on any atom is -0.351 e. The number of nitrogens with zero attached hydrogens (tertiary/aromatic N) is 2. The predicted octanol–water partition coefficient (Wildman–Crippen LogP) is 3.65. The molecule has 3 aromatic rings. The number of fused-ring (bicyclic) bond motifs is 2. The van der Waals surface area contributed by atoms with E-state index in [9.17, 15) is 14.4 Å². The van der Waals surface area contributed by atoms with Crippen molar-refractivity contribution in [3.05, 3.63) is 50.6 Å². The first-order valence-electron chi connectivity index (χ1n) is 11.5. The molecule has 0 radical (unpaired) electrons.